The molecule has 0 saturated heterocycles. The second-order valence-corrected chi connectivity index (χ2v) is 4.35. The van der Waals surface area contributed by atoms with Crippen LogP contribution in [0.3, 0.4) is 0 Å². The minimum Gasteiger partial charge on any atom is -0.504 e. The molecular weight excluding hydrogens is 230 g/mol. The lowest BCUT2D eigenvalue weighted by Gasteiger charge is -2.15. The van der Waals surface area contributed by atoms with Gasteiger partial charge < -0.3 is 15.5 Å². The van der Waals surface area contributed by atoms with Gasteiger partial charge in [0.1, 0.15) is 0 Å². The van der Waals surface area contributed by atoms with Gasteiger partial charge in [0.05, 0.1) is 5.92 Å². The lowest BCUT2D eigenvalue weighted by atomic mass is 9.95. The van der Waals surface area contributed by atoms with Crippen LogP contribution in [0.1, 0.15) is 44.6 Å². The molecule has 4 nitrogen and oxygen atoms in total. The van der Waals surface area contributed by atoms with Crippen molar-refractivity contribution in [3.63, 3.8) is 0 Å². The summed E-state index contributed by atoms with van der Waals surface area (Å²) >= 11 is 0. The third-order valence-corrected chi connectivity index (χ3v) is 2.96. The summed E-state index contributed by atoms with van der Waals surface area (Å²) in [6.07, 6.45) is 2.66. The maximum atomic E-state index is 12.0. The average molecular weight is 251 g/mol. The molecule has 1 unspecified atom stereocenters. The van der Waals surface area contributed by atoms with Crippen LogP contribution in [0.25, 0.3) is 0 Å². The summed E-state index contributed by atoms with van der Waals surface area (Å²) in [7, 11) is 0. The zero-order valence-electron chi connectivity index (χ0n) is 10.9. The number of hydrogen-bond donors (Lipinski definition) is 3. The molecule has 0 spiro atoms. The number of phenolic OH excluding ortho intramolecular Hbond substituents is 2. The van der Waals surface area contributed by atoms with E-state index >= 15 is 0 Å². The molecule has 0 saturated carbocycles. The fourth-order valence-corrected chi connectivity index (χ4v) is 1.84. The smallest absolute Gasteiger partial charge is 0.227 e. The molecule has 0 heterocycles. The Kier molecular flexibility index (Phi) is 5.49. The topological polar surface area (TPSA) is 69.6 Å². The Bertz CT molecular complexity index is 404. The summed E-state index contributed by atoms with van der Waals surface area (Å²) in [5.41, 5.74) is 0.724. The Balaban J connectivity index is 2.75. The summed E-state index contributed by atoms with van der Waals surface area (Å²) < 4.78 is 0. The van der Waals surface area contributed by atoms with Crippen LogP contribution in [0.5, 0.6) is 11.5 Å². The van der Waals surface area contributed by atoms with Crippen LogP contribution >= 0.6 is 0 Å². The van der Waals surface area contributed by atoms with Crippen LogP contribution in [0.4, 0.5) is 0 Å². The van der Waals surface area contributed by atoms with E-state index in [0.29, 0.717) is 13.0 Å². The van der Waals surface area contributed by atoms with Gasteiger partial charge in [0, 0.05) is 6.54 Å². The van der Waals surface area contributed by atoms with Gasteiger partial charge in [-0.05, 0) is 30.5 Å². The van der Waals surface area contributed by atoms with Gasteiger partial charge in [0.2, 0.25) is 5.91 Å². The van der Waals surface area contributed by atoms with Crippen LogP contribution in [0, 0.1) is 0 Å². The monoisotopic (exact) mass is 251 g/mol. The number of carbonyl (C=O) groups excluding carboxylic acids is 1. The van der Waals surface area contributed by atoms with Crippen molar-refractivity contribution in [2.24, 2.45) is 0 Å². The van der Waals surface area contributed by atoms with E-state index in [2.05, 4.69) is 12.2 Å². The van der Waals surface area contributed by atoms with Gasteiger partial charge in [-0.25, -0.2) is 0 Å². The number of unbranched alkanes of at least 4 members (excludes halogenated alkanes) is 1. The minimum absolute atomic E-state index is 0.0314. The highest BCUT2D eigenvalue weighted by molar-refractivity contribution is 5.83. The molecule has 18 heavy (non-hydrogen) atoms. The standard InChI is InChI=1S/C14H21NO3/c1-3-5-8-15-14(18)11(4-2)10-6-7-12(16)13(17)9-10/h6-7,9,11,16-17H,3-5,8H2,1-2H3,(H,15,18). The molecule has 1 aromatic carbocycles. The Hall–Kier alpha value is -1.71. The molecule has 4 heteroatoms. The predicted molar refractivity (Wildman–Crippen MR) is 70.7 cm³/mol. The van der Waals surface area contributed by atoms with Crippen molar-refractivity contribution in [1.82, 2.24) is 5.32 Å². The van der Waals surface area contributed by atoms with Crippen molar-refractivity contribution in [2.45, 2.75) is 39.0 Å². The second-order valence-electron chi connectivity index (χ2n) is 4.35. The van der Waals surface area contributed by atoms with Crippen molar-refractivity contribution in [1.29, 1.82) is 0 Å². The first-order valence-corrected chi connectivity index (χ1v) is 6.39. The summed E-state index contributed by atoms with van der Waals surface area (Å²) in [5, 5.41) is 21.6. The van der Waals surface area contributed by atoms with E-state index < -0.39 is 0 Å². The Morgan fingerprint density at radius 1 is 1.28 bits per heavy atom. The molecule has 3 N–H and O–H groups in total. The maximum Gasteiger partial charge on any atom is 0.227 e. The van der Waals surface area contributed by atoms with Crippen LogP contribution in [0.2, 0.25) is 0 Å². The van der Waals surface area contributed by atoms with Crippen molar-refractivity contribution >= 4 is 5.91 Å². The zero-order valence-corrected chi connectivity index (χ0v) is 10.9. The third kappa shape index (κ3) is 3.65. The number of rotatable bonds is 6. The molecule has 1 aromatic rings. The van der Waals surface area contributed by atoms with Crippen molar-refractivity contribution in [3.05, 3.63) is 23.8 Å². The lowest BCUT2D eigenvalue weighted by Crippen LogP contribution is -2.29. The van der Waals surface area contributed by atoms with E-state index in [4.69, 9.17) is 0 Å². The Morgan fingerprint density at radius 2 is 2.00 bits per heavy atom. The highest BCUT2D eigenvalue weighted by Gasteiger charge is 2.19. The van der Waals surface area contributed by atoms with Gasteiger partial charge in [-0.3, -0.25) is 4.79 Å². The molecule has 1 amide bonds. The van der Waals surface area contributed by atoms with Crippen LogP contribution in [0.15, 0.2) is 18.2 Å². The molecule has 0 aromatic heterocycles. The number of hydrogen-bond acceptors (Lipinski definition) is 3. The Labute approximate surface area is 108 Å². The zero-order chi connectivity index (χ0) is 13.5. The maximum absolute atomic E-state index is 12.0. The van der Waals surface area contributed by atoms with E-state index in [9.17, 15) is 15.0 Å². The highest BCUT2D eigenvalue weighted by Crippen LogP contribution is 2.29. The highest BCUT2D eigenvalue weighted by atomic mass is 16.3. The molecule has 0 aliphatic carbocycles. The number of nitrogens with one attached hydrogen (secondary N) is 1. The van der Waals surface area contributed by atoms with E-state index in [0.717, 1.165) is 18.4 Å². The molecule has 1 rings (SSSR count). The van der Waals surface area contributed by atoms with E-state index in [1.165, 1.54) is 12.1 Å². The molecule has 0 fully saturated rings. The van der Waals surface area contributed by atoms with Crippen molar-refractivity contribution in [3.8, 4) is 11.5 Å². The number of amides is 1. The predicted octanol–water partition coefficient (Wildman–Crippen LogP) is 2.51. The van der Waals surface area contributed by atoms with Gasteiger partial charge >= 0.3 is 0 Å². The van der Waals surface area contributed by atoms with Gasteiger partial charge in [-0.1, -0.05) is 26.3 Å². The fraction of sp³-hybridized carbons (Fsp3) is 0.500. The first-order valence-electron chi connectivity index (χ1n) is 6.39. The largest absolute Gasteiger partial charge is 0.504 e. The number of carbonyl (C=O) groups is 1. The first kappa shape index (κ1) is 14.4. The fourth-order valence-electron chi connectivity index (χ4n) is 1.84. The number of phenols is 2. The molecule has 0 aliphatic rings. The molecular formula is C14H21NO3. The Morgan fingerprint density at radius 3 is 2.56 bits per heavy atom. The van der Waals surface area contributed by atoms with Crippen LogP contribution in [-0.2, 0) is 4.79 Å². The molecule has 0 bridgehead atoms. The van der Waals surface area contributed by atoms with E-state index in [-0.39, 0.29) is 23.3 Å². The minimum atomic E-state index is -0.284. The number of benzene rings is 1. The van der Waals surface area contributed by atoms with Crippen LogP contribution in [-0.4, -0.2) is 22.7 Å². The van der Waals surface area contributed by atoms with Gasteiger partial charge in [0.25, 0.3) is 0 Å². The van der Waals surface area contributed by atoms with Gasteiger partial charge in [-0.15, -0.1) is 0 Å². The summed E-state index contributed by atoms with van der Waals surface area (Å²) in [6, 6.07) is 4.53. The summed E-state index contributed by atoms with van der Waals surface area (Å²) in [4.78, 5) is 12.0. The first-order chi connectivity index (χ1) is 8.60. The normalized spacial score (nSPS) is 12.1. The molecule has 0 aliphatic heterocycles. The van der Waals surface area contributed by atoms with Crippen molar-refractivity contribution in [2.75, 3.05) is 6.54 Å². The van der Waals surface area contributed by atoms with E-state index in [1.54, 1.807) is 6.07 Å². The third-order valence-electron chi connectivity index (χ3n) is 2.96. The summed E-state index contributed by atoms with van der Waals surface area (Å²) in [5.74, 6) is -0.670. The van der Waals surface area contributed by atoms with Gasteiger partial charge in [-0.2, -0.15) is 0 Å². The lowest BCUT2D eigenvalue weighted by molar-refractivity contribution is -0.122. The SMILES string of the molecule is CCCCNC(=O)C(CC)c1ccc(O)c(O)c1. The van der Waals surface area contributed by atoms with E-state index in [1.807, 2.05) is 6.92 Å². The summed E-state index contributed by atoms with van der Waals surface area (Å²) in [6.45, 7) is 4.67. The van der Waals surface area contributed by atoms with Gasteiger partial charge in [0.15, 0.2) is 11.5 Å². The average Bonchev–Trinajstić information content (AvgIpc) is 2.35. The molecule has 100 valence electrons. The molecule has 0 radical (unpaired) electrons. The quantitative estimate of drug-likeness (QED) is 0.537. The molecule has 1 atom stereocenters. The second kappa shape index (κ2) is 6.89. The van der Waals surface area contributed by atoms with Crippen molar-refractivity contribution < 1.29 is 15.0 Å². The number of aromatic hydroxyl groups is 2. The van der Waals surface area contributed by atoms with Crippen LogP contribution < -0.4 is 5.32 Å².